The zero-order chi connectivity index (χ0) is 38.1. The van der Waals surface area contributed by atoms with E-state index in [-0.39, 0.29) is 6.17 Å². The molecule has 1 N–H and O–H groups in total. The topological polar surface area (TPSA) is 37.3 Å². The third-order valence-corrected chi connectivity index (χ3v) is 11.4. The fourth-order valence-electron chi connectivity index (χ4n) is 8.49. The predicted octanol–water partition coefficient (Wildman–Crippen LogP) is 13.8. The average molecular weight is 732 g/mol. The van der Waals surface area contributed by atoms with Crippen LogP contribution in [-0.4, -0.2) is 10.7 Å². The summed E-state index contributed by atoms with van der Waals surface area (Å²) in [5.74, 6) is 0. The van der Waals surface area contributed by atoms with Crippen molar-refractivity contribution < 1.29 is 0 Å². The van der Waals surface area contributed by atoms with Gasteiger partial charge in [0.2, 0.25) is 0 Å². The first-order chi connectivity index (χ1) is 28.2. The van der Waals surface area contributed by atoms with Crippen molar-refractivity contribution in [1.82, 2.24) is 10.3 Å². The van der Waals surface area contributed by atoms with Gasteiger partial charge in [0, 0.05) is 27.7 Å². The Morgan fingerprint density at radius 2 is 1.02 bits per heavy atom. The van der Waals surface area contributed by atoms with E-state index in [0.29, 0.717) is 0 Å². The molecule has 0 amide bonds. The SMILES string of the molecule is C/C1=C(/c2ccc(-c3cccc4cccc(-c5ccc(-c6nc7ccccc7c7ccccc67)cc5)c34)cc2)NC(c2ccccc2)N=C(c2ccccc2)CC1. The molecule has 0 spiro atoms. The molecule has 8 aromatic carbocycles. The Bertz CT molecular complexity index is 2960. The number of nitrogens with zero attached hydrogens (tertiary/aromatic N) is 2. The van der Waals surface area contributed by atoms with Crippen molar-refractivity contribution >= 4 is 43.9 Å². The first kappa shape index (κ1) is 34.4. The van der Waals surface area contributed by atoms with Crippen LogP contribution in [0.1, 0.15) is 42.6 Å². The van der Waals surface area contributed by atoms with Gasteiger partial charge in [-0.2, -0.15) is 0 Å². The molecule has 0 saturated carbocycles. The second-order valence-electron chi connectivity index (χ2n) is 14.9. The molecule has 3 nitrogen and oxygen atoms in total. The van der Waals surface area contributed by atoms with Crippen molar-refractivity contribution in [2.75, 3.05) is 0 Å². The molecule has 1 aliphatic heterocycles. The van der Waals surface area contributed by atoms with Gasteiger partial charge < -0.3 is 5.32 Å². The van der Waals surface area contributed by atoms with Crippen molar-refractivity contribution in [3.05, 3.63) is 216 Å². The number of benzene rings is 8. The molecule has 1 atom stereocenters. The molecule has 3 heteroatoms. The van der Waals surface area contributed by atoms with Gasteiger partial charge >= 0.3 is 0 Å². The van der Waals surface area contributed by atoms with E-state index >= 15 is 0 Å². The average Bonchev–Trinajstić information content (AvgIpc) is 3.28. The van der Waals surface area contributed by atoms with Gasteiger partial charge in [0.05, 0.1) is 11.2 Å². The minimum atomic E-state index is -0.200. The zero-order valence-electron chi connectivity index (χ0n) is 31.9. The van der Waals surface area contributed by atoms with Crippen LogP contribution in [0.25, 0.3) is 71.7 Å². The van der Waals surface area contributed by atoms with Crippen molar-refractivity contribution in [2.24, 2.45) is 4.99 Å². The monoisotopic (exact) mass is 731 g/mol. The van der Waals surface area contributed by atoms with Crippen LogP contribution < -0.4 is 5.32 Å². The van der Waals surface area contributed by atoms with Gasteiger partial charge in [-0.3, -0.25) is 4.99 Å². The highest BCUT2D eigenvalue weighted by Crippen LogP contribution is 2.39. The van der Waals surface area contributed by atoms with Crippen LogP contribution in [0, 0.1) is 0 Å². The minimum absolute atomic E-state index is 0.200. The number of nitrogens with one attached hydrogen (secondary N) is 1. The summed E-state index contributed by atoms with van der Waals surface area (Å²) < 4.78 is 0. The summed E-state index contributed by atoms with van der Waals surface area (Å²) in [5.41, 5.74) is 15.0. The number of fused-ring (bicyclic) bond motifs is 4. The molecular formula is C54H41N3. The molecule has 2 heterocycles. The van der Waals surface area contributed by atoms with E-state index < -0.39 is 0 Å². The van der Waals surface area contributed by atoms with E-state index in [9.17, 15) is 0 Å². The van der Waals surface area contributed by atoms with Gasteiger partial charge in [0.15, 0.2) is 0 Å². The number of hydrogen-bond acceptors (Lipinski definition) is 3. The third-order valence-electron chi connectivity index (χ3n) is 11.4. The summed E-state index contributed by atoms with van der Waals surface area (Å²) >= 11 is 0. The van der Waals surface area contributed by atoms with Crippen LogP contribution in [0.15, 0.2) is 205 Å². The van der Waals surface area contributed by atoms with Crippen molar-refractivity contribution in [2.45, 2.75) is 25.9 Å². The molecule has 0 saturated heterocycles. The molecule has 272 valence electrons. The predicted molar refractivity (Wildman–Crippen MR) is 240 cm³/mol. The van der Waals surface area contributed by atoms with E-state index in [0.717, 1.165) is 46.6 Å². The molecule has 0 radical (unpaired) electrons. The number of allylic oxidation sites excluding steroid dienone is 1. The van der Waals surface area contributed by atoms with Crippen molar-refractivity contribution in [1.29, 1.82) is 0 Å². The van der Waals surface area contributed by atoms with Gasteiger partial charge in [-0.25, -0.2) is 4.98 Å². The molecule has 57 heavy (non-hydrogen) atoms. The number of aliphatic imine (C=N–C) groups is 1. The molecule has 1 aliphatic rings. The molecular weight excluding hydrogens is 691 g/mol. The highest BCUT2D eigenvalue weighted by Gasteiger charge is 2.20. The van der Waals surface area contributed by atoms with Crippen LogP contribution in [0.2, 0.25) is 0 Å². The first-order valence-electron chi connectivity index (χ1n) is 19.8. The van der Waals surface area contributed by atoms with E-state index in [2.05, 4.69) is 206 Å². The summed E-state index contributed by atoms with van der Waals surface area (Å²) in [5, 5.41) is 9.93. The number of hydrogen-bond donors (Lipinski definition) is 1. The van der Waals surface area contributed by atoms with E-state index in [1.54, 1.807) is 0 Å². The highest BCUT2D eigenvalue weighted by atomic mass is 15.1. The lowest BCUT2D eigenvalue weighted by atomic mass is 9.90. The summed E-state index contributed by atoms with van der Waals surface area (Å²) in [4.78, 5) is 10.5. The minimum Gasteiger partial charge on any atom is -0.360 e. The lowest BCUT2D eigenvalue weighted by Gasteiger charge is -2.26. The van der Waals surface area contributed by atoms with Crippen LogP contribution in [0.3, 0.4) is 0 Å². The van der Waals surface area contributed by atoms with Gasteiger partial charge in [-0.1, -0.05) is 188 Å². The quantitative estimate of drug-likeness (QED) is 0.173. The maximum absolute atomic E-state index is 5.34. The number of rotatable bonds is 6. The summed E-state index contributed by atoms with van der Waals surface area (Å²) in [6.45, 7) is 2.26. The van der Waals surface area contributed by atoms with Gasteiger partial charge in [-0.05, 0) is 86.5 Å². The molecule has 0 fully saturated rings. The normalized spacial score (nSPS) is 15.9. The van der Waals surface area contributed by atoms with Crippen molar-refractivity contribution in [3.63, 3.8) is 0 Å². The summed E-state index contributed by atoms with van der Waals surface area (Å²) in [6.07, 6.45) is 1.62. The number of aromatic nitrogens is 1. The zero-order valence-corrected chi connectivity index (χ0v) is 31.9. The van der Waals surface area contributed by atoms with E-state index in [4.69, 9.17) is 9.98 Å². The summed E-state index contributed by atoms with van der Waals surface area (Å²) in [7, 11) is 0. The molecule has 1 aromatic heterocycles. The lowest BCUT2D eigenvalue weighted by Crippen LogP contribution is -2.23. The number of pyridine rings is 1. The Labute approximate surface area is 333 Å². The largest absolute Gasteiger partial charge is 0.360 e. The molecule has 0 aliphatic carbocycles. The Kier molecular flexibility index (Phi) is 8.97. The first-order valence-corrected chi connectivity index (χ1v) is 19.8. The lowest BCUT2D eigenvalue weighted by molar-refractivity contribution is 0.656. The highest BCUT2D eigenvalue weighted by molar-refractivity contribution is 6.11. The van der Waals surface area contributed by atoms with Crippen LogP contribution in [-0.2, 0) is 0 Å². The van der Waals surface area contributed by atoms with Gasteiger partial charge in [0.1, 0.15) is 6.17 Å². The second-order valence-corrected chi connectivity index (χ2v) is 14.9. The molecule has 10 rings (SSSR count). The van der Waals surface area contributed by atoms with E-state index in [1.165, 1.54) is 65.9 Å². The van der Waals surface area contributed by atoms with Crippen molar-refractivity contribution in [3.8, 4) is 33.5 Å². The smallest absolute Gasteiger partial charge is 0.145 e. The van der Waals surface area contributed by atoms with Crippen LogP contribution in [0.4, 0.5) is 0 Å². The van der Waals surface area contributed by atoms with Crippen LogP contribution >= 0.6 is 0 Å². The van der Waals surface area contributed by atoms with Crippen LogP contribution in [0.5, 0.6) is 0 Å². The summed E-state index contributed by atoms with van der Waals surface area (Å²) in [6, 6.07) is 69.5. The Hall–Kier alpha value is -7.10. The van der Waals surface area contributed by atoms with E-state index in [1.807, 2.05) is 0 Å². The maximum atomic E-state index is 5.34. The Morgan fingerprint density at radius 3 is 1.70 bits per heavy atom. The second kappa shape index (κ2) is 14.9. The molecule has 1 unspecified atom stereocenters. The Morgan fingerprint density at radius 1 is 0.456 bits per heavy atom. The Balaban J connectivity index is 0.997. The maximum Gasteiger partial charge on any atom is 0.145 e. The molecule has 0 bridgehead atoms. The third kappa shape index (κ3) is 6.58. The fourth-order valence-corrected chi connectivity index (χ4v) is 8.49. The number of para-hydroxylation sites is 1. The van der Waals surface area contributed by atoms with Gasteiger partial charge in [0.25, 0.3) is 0 Å². The fraction of sp³-hybridized carbons (Fsp3) is 0.0741. The standard InChI is InChI=1S/C54H41N3/c1-36-26-35-49(39-14-4-2-5-15-39)56-54(43-16-6-3-7-17-43)57-52(36)41-31-27-37(28-32-41)44-23-12-18-40-19-13-24-45(51(40)44)38-29-33-42(34-30-38)53-48-22-9-8-20-46(48)47-21-10-11-25-50(47)55-53/h2-25,27-34,54,57H,26,35H2,1H3/b52-36+,56-49?. The molecule has 9 aromatic rings. The van der Waals surface area contributed by atoms with Gasteiger partial charge in [-0.15, -0.1) is 0 Å².